The van der Waals surface area contributed by atoms with Crippen LogP contribution in [0.1, 0.15) is 42.5 Å². The van der Waals surface area contributed by atoms with Crippen LogP contribution in [0.25, 0.3) is 11.0 Å². The summed E-state index contributed by atoms with van der Waals surface area (Å²) in [7, 11) is 1.70. The van der Waals surface area contributed by atoms with Crippen molar-refractivity contribution >= 4 is 11.0 Å². The molecule has 0 unspecified atom stereocenters. The minimum atomic E-state index is 0.585. The summed E-state index contributed by atoms with van der Waals surface area (Å²) in [6.45, 7) is 7.95. The average Bonchev–Trinajstić information content (AvgIpc) is 3.15. The molecule has 0 aliphatic carbocycles. The molecule has 0 radical (unpaired) electrons. The lowest BCUT2D eigenvalue weighted by Gasteiger charge is -2.32. The molecule has 5 nitrogen and oxygen atoms in total. The first-order valence-electron chi connectivity index (χ1n) is 10.1. The highest BCUT2D eigenvalue weighted by Gasteiger charge is 2.23. The van der Waals surface area contributed by atoms with Gasteiger partial charge in [0.05, 0.1) is 13.7 Å². The van der Waals surface area contributed by atoms with E-state index < -0.39 is 0 Å². The molecule has 3 heterocycles. The molecule has 5 heteroatoms. The second-order valence-corrected chi connectivity index (χ2v) is 7.58. The zero-order chi connectivity index (χ0) is 19.5. The Bertz CT molecular complexity index is 909. The van der Waals surface area contributed by atoms with Crippen molar-refractivity contribution in [2.75, 3.05) is 26.8 Å². The minimum Gasteiger partial charge on any atom is -0.493 e. The first-order valence-corrected chi connectivity index (χ1v) is 10.1. The highest BCUT2D eigenvalue weighted by molar-refractivity contribution is 5.76. The fourth-order valence-corrected chi connectivity index (χ4v) is 4.14. The second kappa shape index (κ2) is 8.23. The molecule has 148 valence electrons. The molecule has 3 aromatic rings. The van der Waals surface area contributed by atoms with Crippen LogP contribution >= 0.6 is 0 Å². The summed E-state index contributed by atoms with van der Waals surface area (Å²) in [6, 6.07) is 10.6. The number of piperidine rings is 1. The second-order valence-electron chi connectivity index (χ2n) is 7.58. The van der Waals surface area contributed by atoms with Crippen LogP contribution in [-0.4, -0.2) is 41.7 Å². The van der Waals surface area contributed by atoms with Gasteiger partial charge in [-0.2, -0.15) is 0 Å². The third-order valence-corrected chi connectivity index (χ3v) is 5.76. The fourth-order valence-electron chi connectivity index (χ4n) is 4.14. The molecule has 0 amide bonds. The fraction of sp³-hybridized carbons (Fsp3) is 0.435. The molecule has 1 aliphatic heterocycles. The van der Waals surface area contributed by atoms with Crippen molar-refractivity contribution in [3.8, 4) is 11.5 Å². The van der Waals surface area contributed by atoms with E-state index in [0.29, 0.717) is 12.5 Å². The predicted molar refractivity (Wildman–Crippen MR) is 112 cm³/mol. The van der Waals surface area contributed by atoms with Crippen LogP contribution in [-0.2, 0) is 6.54 Å². The van der Waals surface area contributed by atoms with Gasteiger partial charge < -0.3 is 14.5 Å². The van der Waals surface area contributed by atoms with Crippen molar-refractivity contribution in [1.82, 2.24) is 14.9 Å². The highest BCUT2D eigenvalue weighted by atomic mass is 16.5. The number of benzene rings is 1. The molecular weight excluding hydrogens is 350 g/mol. The maximum Gasteiger partial charge on any atom is 0.161 e. The van der Waals surface area contributed by atoms with Gasteiger partial charge in [0.25, 0.3) is 0 Å². The van der Waals surface area contributed by atoms with E-state index in [-0.39, 0.29) is 0 Å². The molecule has 28 heavy (non-hydrogen) atoms. The summed E-state index contributed by atoms with van der Waals surface area (Å²) in [5.41, 5.74) is 4.89. The monoisotopic (exact) mass is 379 g/mol. The zero-order valence-electron chi connectivity index (χ0n) is 17.0. The van der Waals surface area contributed by atoms with Gasteiger partial charge in [-0.05, 0) is 81.2 Å². The number of aryl methyl sites for hydroxylation is 1. The molecule has 1 aliphatic rings. The molecule has 1 aromatic carbocycles. The number of H-pyrrole nitrogens is 1. The smallest absolute Gasteiger partial charge is 0.161 e. The third kappa shape index (κ3) is 3.85. The number of hydrogen-bond donors (Lipinski definition) is 1. The van der Waals surface area contributed by atoms with Gasteiger partial charge in [0.15, 0.2) is 11.5 Å². The number of pyridine rings is 1. The summed E-state index contributed by atoms with van der Waals surface area (Å²) >= 11 is 0. The topological polar surface area (TPSA) is 50.4 Å². The first-order chi connectivity index (χ1) is 13.7. The van der Waals surface area contributed by atoms with Gasteiger partial charge in [-0.25, -0.2) is 4.98 Å². The van der Waals surface area contributed by atoms with Crippen molar-refractivity contribution in [1.29, 1.82) is 0 Å². The lowest BCUT2D eigenvalue weighted by molar-refractivity contribution is 0.202. The molecule has 0 atom stereocenters. The van der Waals surface area contributed by atoms with E-state index in [9.17, 15) is 0 Å². The number of likely N-dealkylation sites (tertiary alicyclic amines) is 1. The Kier molecular flexibility index (Phi) is 5.53. The largest absolute Gasteiger partial charge is 0.493 e. The van der Waals surface area contributed by atoms with Crippen molar-refractivity contribution in [2.24, 2.45) is 0 Å². The number of nitrogens with zero attached hydrogens (tertiary/aromatic N) is 2. The number of aromatic nitrogens is 2. The van der Waals surface area contributed by atoms with Crippen LogP contribution < -0.4 is 9.47 Å². The normalized spacial score (nSPS) is 15.8. The Morgan fingerprint density at radius 3 is 2.71 bits per heavy atom. The Labute approximate surface area is 166 Å². The van der Waals surface area contributed by atoms with Gasteiger partial charge in [0.2, 0.25) is 0 Å². The number of hydrogen-bond acceptors (Lipinski definition) is 4. The van der Waals surface area contributed by atoms with Crippen LogP contribution in [0.2, 0.25) is 0 Å². The first kappa shape index (κ1) is 18.8. The standard InChI is InChI=1S/C23H29N3O2/c1-4-28-22-14-19(16(2)12-21(22)27-3)15-26-10-7-17(8-11-26)20-13-18-6-5-9-24-23(18)25-20/h5-6,9,12-14,17H,4,7-8,10-11,15H2,1-3H3,(H,24,25). The highest BCUT2D eigenvalue weighted by Crippen LogP contribution is 2.33. The Hall–Kier alpha value is -2.53. The lowest BCUT2D eigenvalue weighted by atomic mass is 9.93. The van der Waals surface area contributed by atoms with Crippen LogP contribution in [0.4, 0.5) is 0 Å². The maximum atomic E-state index is 5.76. The van der Waals surface area contributed by atoms with Crippen LogP contribution in [0.5, 0.6) is 11.5 Å². The van der Waals surface area contributed by atoms with Crippen molar-refractivity contribution < 1.29 is 9.47 Å². The number of methoxy groups -OCH3 is 1. The molecule has 0 bridgehead atoms. The molecular formula is C23H29N3O2. The Balaban J connectivity index is 1.42. The molecule has 0 saturated carbocycles. The van der Waals surface area contributed by atoms with E-state index in [2.05, 4.69) is 46.1 Å². The summed E-state index contributed by atoms with van der Waals surface area (Å²) in [4.78, 5) is 10.5. The average molecular weight is 380 g/mol. The van der Waals surface area contributed by atoms with Gasteiger partial charge in [-0.1, -0.05) is 0 Å². The quantitative estimate of drug-likeness (QED) is 0.677. The van der Waals surface area contributed by atoms with E-state index in [1.807, 2.05) is 19.2 Å². The van der Waals surface area contributed by atoms with Crippen LogP contribution in [0.15, 0.2) is 36.5 Å². The molecule has 1 saturated heterocycles. The molecule has 1 N–H and O–H groups in total. The van der Waals surface area contributed by atoms with Gasteiger partial charge in [0, 0.05) is 29.7 Å². The predicted octanol–water partition coefficient (Wildman–Crippen LogP) is 4.66. The van der Waals surface area contributed by atoms with E-state index in [0.717, 1.165) is 36.8 Å². The van der Waals surface area contributed by atoms with Gasteiger partial charge in [-0.15, -0.1) is 0 Å². The van der Waals surface area contributed by atoms with Crippen molar-refractivity contribution in [3.63, 3.8) is 0 Å². The van der Waals surface area contributed by atoms with Gasteiger partial charge >= 0.3 is 0 Å². The molecule has 4 rings (SSSR count). The van der Waals surface area contributed by atoms with E-state index in [1.165, 1.54) is 35.0 Å². The maximum absolute atomic E-state index is 5.76. The molecule has 1 fully saturated rings. The van der Waals surface area contributed by atoms with Gasteiger partial charge in [0.1, 0.15) is 5.65 Å². The van der Waals surface area contributed by atoms with Crippen molar-refractivity contribution in [2.45, 2.75) is 39.2 Å². The number of nitrogens with one attached hydrogen (secondary N) is 1. The SMILES string of the molecule is CCOc1cc(CN2CCC(c3cc4cccnc4[nH]3)CC2)c(C)cc1OC. The molecule has 0 spiro atoms. The zero-order valence-corrected chi connectivity index (χ0v) is 17.0. The number of rotatable bonds is 6. The Morgan fingerprint density at radius 2 is 2.00 bits per heavy atom. The summed E-state index contributed by atoms with van der Waals surface area (Å²) in [6.07, 6.45) is 4.18. The van der Waals surface area contributed by atoms with E-state index in [1.54, 1.807) is 7.11 Å². The van der Waals surface area contributed by atoms with Gasteiger partial charge in [-0.3, -0.25) is 4.90 Å². The Morgan fingerprint density at radius 1 is 1.18 bits per heavy atom. The minimum absolute atomic E-state index is 0.585. The number of fused-ring (bicyclic) bond motifs is 1. The van der Waals surface area contributed by atoms with E-state index >= 15 is 0 Å². The third-order valence-electron chi connectivity index (χ3n) is 5.76. The van der Waals surface area contributed by atoms with Crippen LogP contribution in [0, 0.1) is 6.92 Å². The number of aromatic amines is 1. The summed E-state index contributed by atoms with van der Waals surface area (Å²) < 4.78 is 11.2. The van der Waals surface area contributed by atoms with E-state index in [4.69, 9.17) is 9.47 Å². The molecule has 2 aromatic heterocycles. The lowest BCUT2D eigenvalue weighted by Crippen LogP contribution is -2.32. The summed E-state index contributed by atoms with van der Waals surface area (Å²) in [5.74, 6) is 2.24. The van der Waals surface area contributed by atoms with Crippen LogP contribution in [0.3, 0.4) is 0 Å². The number of ether oxygens (including phenoxy) is 2. The summed E-state index contributed by atoms with van der Waals surface area (Å²) in [5, 5.41) is 1.21. The van der Waals surface area contributed by atoms with Crippen molar-refractivity contribution in [3.05, 3.63) is 53.3 Å².